The van der Waals surface area contributed by atoms with Crippen molar-refractivity contribution in [1.29, 1.82) is 0 Å². The third-order valence-corrected chi connectivity index (χ3v) is 4.44. The van der Waals surface area contributed by atoms with E-state index in [1.165, 1.54) is 0 Å². The fourth-order valence-corrected chi connectivity index (χ4v) is 3.20. The second-order valence-electron chi connectivity index (χ2n) is 5.86. The summed E-state index contributed by atoms with van der Waals surface area (Å²) in [6.45, 7) is 0. The highest BCUT2D eigenvalue weighted by Crippen LogP contribution is 2.27. The highest BCUT2D eigenvalue weighted by Gasteiger charge is 2.16. The van der Waals surface area contributed by atoms with Crippen molar-refractivity contribution >= 4 is 21.8 Å². The molecule has 1 heterocycles. The molecule has 0 amide bonds. The van der Waals surface area contributed by atoms with Crippen molar-refractivity contribution in [3.05, 3.63) is 78.1 Å². The molecule has 1 N–H and O–H groups in total. The van der Waals surface area contributed by atoms with Crippen molar-refractivity contribution in [2.75, 3.05) is 0 Å². The van der Waals surface area contributed by atoms with Gasteiger partial charge in [0.2, 0.25) is 0 Å². The summed E-state index contributed by atoms with van der Waals surface area (Å²) in [5.41, 5.74) is 3.01. The number of nitrogens with zero attached hydrogens (tertiary/aromatic N) is 2. The lowest BCUT2D eigenvalue weighted by molar-refractivity contribution is 0.176. The van der Waals surface area contributed by atoms with Crippen LogP contribution in [0.15, 0.2) is 66.7 Å². The maximum Gasteiger partial charge on any atom is 0.112 e. The average molecular weight is 302 g/mol. The van der Waals surface area contributed by atoms with Crippen LogP contribution in [0, 0.1) is 0 Å². The van der Waals surface area contributed by atoms with Crippen LogP contribution in [0.2, 0.25) is 0 Å². The summed E-state index contributed by atoms with van der Waals surface area (Å²) in [6.07, 6.45) is -0.0734. The van der Waals surface area contributed by atoms with E-state index in [1.54, 1.807) is 0 Å². The van der Waals surface area contributed by atoms with Gasteiger partial charge in [0.15, 0.2) is 0 Å². The maximum atomic E-state index is 10.8. The van der Waals surface area contributed by atoms with Crippen LogP contribution < -0.4 is 0 Å². The van der Waals surface area contributed by atoms with Crippen molar-refractivity contribution in [1.82, 2.24) is 9.55 Å². The van der Waals surface area contributed by atoms with Crippen molar-refractivity contribution in [2.24, 2.45) is 7.05 Å². The lowest BCUT2D eigenvalue weighted by Crippen LogP contribution is -2.07. The summed E-state index contributed by atoms with van der Waals surface area (Å²) in [5.74, 6) is 0.895. The molecule has 4 aromatic rings. The van der Waals surface area contributed by atoms with Gasteiger partial charge in [-0.05, 0) is 28.5 Å². The Morgan fingerprint density at radius 1 is 0.957 bits per heavy atom. The molecule has 0 saturated heterocycles. The summed E-state index contributed by atoms with van der Waals surface area (Å²) in [5, 5.41) is 13.0. The van der Waals surface area contributed by atoms with Crippen molar-refractivity contribution in [3.63, 3.8) is 0 Å². The highest BCUT2D eigenvalue weighted by molar-refractivity contribution is 5.86. The van der Waals surface area contributed by atoms with Crippen LogP contribution in [0.25, 0.3) is 21.8 Å². The maximum absolute atomic E-state index is 10.8. The first-order valence-corrected chi connectivity index (χ1v) is 7.80. The molecule has 3 heteroatoms. The first-order chi connectivity index (χ1) is 11.2. The van der Waals surface area contributed by atoms with E-state index < -0.39 is 6.10 Å². The Morgan fingerprint density at radius 2 is 1.70 bits per heavy atom. The number of fused-ring (bicyclic) bond motifs is 2. The Bertz CT molecular complexity index is 982. The zero-order valence-corrected chi connectivity index (χ0v) is 13.0. The smallest absolute Gasteiger partial charge is 0.112 e. The average Bonchev–Trinajstić information content (AvgIpc) is 2.90. The van der Waals surface area contributed by atoms with Crippen LogP contribution >= 0.6 is 0 Å². The first-order valence-electron chi connectivity index (χ1n) is 7.80. The zero-order chi connectivity index (χ0) is 15.8. The molecule has 1 aromatic heterocycles. The van der Waals surface area contributed by atoms with Crippen molar-refractivity contribution in [3.8, 4) is 0 Å². The largest absolute Gasteiger partial charge is 0.388 e. The van der Waals surface area contributed by atoms with E-state index in [0.29, 0.717) is 6.42 Å². The van der Waals surface area contributed by atoms with E-state index in [4.69, 9.17) is 0 Å². The van der Waals surface area contributed by atoms with E-state index in [-0.39, 0.29) is 0 Å². The lowest BCUT2D eigenvalue weighted by Gasteiger charge is -2.13. The summed E-state index contributed by atoms with van der Waals surface area (Å²) in [7, 11) is 2.00. The third kappa shape index (κ3) is 2.39. The van der Waals surface area contributed by atoms with E-state index >= 15 is 0 Å². The lowest BCUT2D eigenvalue weighted by atomic mass is 9.98. The monoisotopic (exact) mass is 302 g/mol. The van der Waals surface area contributed by atoms with Crippen molar-refractivity contribution < 1.29 is 5.11 Å². The van der Waals surface area contributed by atoms with Gasteiger partial charge >= 0.3 is 0 Å². The third-order valence-electron chi connectivity index (χ3n) is 4.44. The fraction of sp³-hybridized carbons (Fsp3) is 0.150. The standard InChI is InChI=1S/C20H18N2O/c1-22-18-12-5-4-11-17(18)21-20(22)13-19(23)16-10-6-8-14-7-2-3-9-15(14)16/h2-12,19,23H,13H2,1H3. The van der Waals surface area contributed by atoms with Gasteiger partial charge in [0.05, 0.1) is 17.1 Å². The number of imidazole rings is 1. The molecule has 0 aliphatic heterocycles. The van der Waals surface area contributed by atoms with Crippen molar-refractivity contribution in [2.45, 2.75) is 12.5 Å². The Kier molecular flexibility index (Phi) is 3.36. The topological polar surface area (TPSA) is 38.0 Å². The summed E-state index contributed by atoms with van der Waals surface area (Å²) >= 11 is 0. The molecule has 23 heavy (non-hydrogen) atoms. The molecule has 1 atom stereocenters. The molecule has 0 aliphatic carbocycles. The number of aryl methyl sites for hydroxylation is 1. The Balaban J connectivity index is 1.73. The second-order valence-corrected chi connectivity index (χ2v) is 5.86. The number of hydrogen-bond donors (Lipinski definition) is 1. The number of benzene rings is 3. The Morgan fingerprint density at radius 3 is 2.57 bits per heavy atom. The molecule has 3 aromatic carbocycles. The van der Waals surface area contributed by atoms with E-state index in [1.807, 2.05) is 49.5 Å². The molecule has 0 radical (unpaired) electrons. The van der Waals surface area contributed by atoms with Gasteiger partial charge in [-0.3, -0.25) is 0 Å². The molecule has 4 rings (SSSR count). The molecule has 0 saturated carbocycles. The molecule has 0 bridgehead atoms. The number of aliphatic hydroxyl groups excluding tert-OH is 1. The molecule has 3 nitrogen and oxygen atoms in total. The van der Waals surface area contributed by atoms with Gasteiger partial charge in [-0.25, -0.2) is 4.98 Å². The molecule has 0 spiro atoms. The van der Waals surface area contributed by atoms with Gasteiger partial charge in [0.25, 0.3) is 0 Å². The second kappa shape index (κ2) is 5.52. The highest BCUT2D eigenvalue weighted by atomic mass is 16.3. The van der Waals surface area contributed by atoms with Gasteiger partial charge in [0.1, 0.15) is 5.82 Å². The normalized spacial score (nSPS) is 12.8. The van der Waals surface area contributed by atoms with E-state index in [0.717, 1.165) is 33.2 Å². The minimum Gasteiger partial charge on any atom is -0.388 e. The number of para-hydroxylation sites is 2. The predicted molar refractivity (Wildman–Crippen MR) is 93.3 cm³/mol. The van der Waals surface area contributed by atoms with Crippen LogP contribution in [0.5, 0.6) is 0 Å². The molecule has 0 fully saturated rings. The van der Waals surface area contributed by atoms with Crippen LogP contribution in [0.3, 0.4) is 0 Å². The zero-order valence-electron chi connectivity index (χ0n) is 13.0. The minimum absolute atomic E-state index is 0.499. The molecule has 1 unspecified atom stereocenters. The van der Waals surface area contributed by atoms with Gasteiger partial charge < -0.3 is 9.67 Å². The minimum atomic E-state index is -0.573. The number of rotatable bonds is 3. The number of aromatic nitrogens is 2. The van der Waals surface area contributed by atoms with Crippen LogP contribution in [-0.4, -0.2) is 14.7 Å². The van der Waals surface area contributed by atoms with Crippen LogP contribution in [0.4, 0.5) is 0 Å². The SMILES string of the molecule is Cn1c(CC(O)c2cccc3ccccc23)nc2ccccc21. The van der Waals surface area contributed by atoms with Gasteiger partial charge in [-0.2, -0.15) is 0 Å². The van der Waals surface area contributed by atoms with E-state index in [9.17, 15) is 5.11 Å². The van der Waals surface area contributed by atoms with Gasteiger partial charge in [0, 0.05) is 13.5 Å². The first kappa shape index (κ1) is 14.0. The van der Waals surface area contributed by atoms with Crippen LogP contribution in [0.1, 0.15) is 17.5 Å². The molecule has 114 valence electrons. The van der Waals surface area contributed by atoms with E-state index in [2.05, 4.69) is 33.8 Å². The molecule has 0 aliphatic rings. The summed E-state index contributed by atoms with van der Waals surface area (Å²) in [4.78, 5) is 4.66. The summed E-state index contributed by atoms with van der Waals surface area (Å²) in [6, 6.07) is 22.3. The van der Waals surface area contributed by atoms with Gasteiger partial charge in [-0.1, -0.05) is 54.6 Å². The molecular formula is C20H18N2O. The molecular weight excluding hydrogens is 284 g/mol. The fourth-order valence-electron chi connectivity index (χ4n) is 3.20. The van der Waals surface area contributed by atoms with Crippen LogP contribution in [-0.2, 0) is 13.5 Å². The van der Waals surface area contributed by atoms with Gasteiger partial charge in [-0.15, -0.1) is 0 Å². The summed E-state index contributed by atoms with van der Waals surface area (Å²) < 4.78 is 2.06. The Hall–Kier alpha value is -2.65. The Labute approximate surface area is 134 Å². The number of aliphatic hydroxyl groups is 1. The quantitative estimate of drug-likeness (QED) is 0.621. The number of hydrogen-bond acceptors (Lipinski definition) is 2. The predicted octanol–water partition coefficient (Wildman–Crippen LogP) is 4.00.